The zero-order valence-corrected chi connectivity index (χ0v) is 12.2. The van der Waals surface area contributed by atoms with Crippen molar-refractivity contribution in [2.24, 2.45) is 5.92 Å². The van der Waals surface area contributed by atoms with Crippen molar-refractivity contribution in [2.45, 2.75) is 51.9 Å². The van der Waals surface area contributed by atoms with Gasteiger partial charge in [-0.2, -0.15) is 0 Å². The standard InChI is InChI=1S/C18H22O2/c1-13-9-10-16-15(11-13)12-17(20-16)18(19)14-7-5-3-2-4-6-8-14/h9-12,14H,2-8H2,1H3. The van der Waals surface area contributed by atoms with Gasteiger partial charge in [-0.25, -0.2) is 0 Å². The lowest BCUT2D eigenvalue weighted by molar-refractivity contribution is 0.0872. The van der Waals surface area contributed by atoms with Gasteiger partial charge in [0.25, 0.3) is 0 Å². The van der Waals surface area contributed by atoms with Crippen LogP contribution in [0.15, 0.2) is 28.7 Å². The zero-order chi connectivity index (χ0) is 13.9. The van der Waals surface area contributed by atoms with Crippen molar-refractivity contribution in [3.63, 3.8) is 0 Å². The molecule has 1 aromatic carbocycles. The number of carbonyl (C=O) groups excluding carboxylic acids is 1. The Morgan fingerprint density at radius 1 is 1.05 bits per heavy atom. The van der Waals surface area contributed by atoms with Crippen LogP contribution >= 0.6 is 0 Å². The maximum absolute atomic E-state index is 12.6. The topological polar surface area (TPSA) is 30.2 Å². The first kappa shape index (κ1) is 13.4. The van der Waals surface area contributed by atoms with Crippen molar-refractivity contribution in [3.05, 3.63) is 35.6 Å². The van der Waals surface area contributed by atoms with E-state index in [-0.39, 0.29) is 11.7 Å². The second kappa shape index (κ2) is 5.82. The molecule has 1 aliphatic carbocycles. The van der Waals surface area contributed by atoms with Crippen LogP contribution < -0.4 is 0 Å². The summed E-state index contributed by atoms with van der Waals surface area (Å²) in [6.07, 6.45) is 8.26. The molecule has 2 aromatic rings. The molecule has 1 aromatic heterocycles. The number of hydrogen-bond donors (Lipinski definition) is 0. The third kappa shape index (κ3) is 2.79. The largest absolute Gasteiger partial charge is 0.453 e. The predicted octanol–water partition coefficient (Wildman–Crippen LogP) is 5.28. The van der Waals surface area contributed by atoms with Crippen LogP contribution in [0.1, 0.15) is 61.1 Å². The Bertz CT molecular complexity index is 601. The van der Waals surface area contributed by atoms with Crippen molar-refractivity contribution >= 4 is 16.8 Å². The molecule has 20 heavy (non-hydrogen) atoms. The monoisotopic (exact) mass is 270 g/mol. The molecule has 2 nitrogen and oxygen atoms in total. The highest BCUT2D eigenvalue weighted by atomic mass is 16.3. The smallest absolute Gasteiger partial charge is 0.201 e. The first-order valence-electron chi connectivity index (χ1n) is 7.78. The molecule has 0 unspecified atom stereocenters. The normalized spacial score (nSPS) is 17.9. The number of furan rings is 1. The van der Waals surface area contributed by atoms with E-state index < -0.39 is 0 Å². The first-order chi connectivity index (χ1) is 9.74. The Kier molecular flexibility index (Phi) is 3.90. The van der Waals surface area contributed by atoms with Crippen LogP contribution in [-0.4, -0.2) is 5.78 Å². The molecule has 0 atom stereocenters. The van der Waals surface area contributed by atoms with Crippen LogP contribution in [0.4, 0.5) is 0 Å². The number of carbonyl (C=O) groups is 1. The Hall–Kier alpha value is -1.57. The van der Waals surface area contributed by atoms with Crippen LogP contribution in [0.5, 0.6) is 0 Å². The minimum Gasteiger partial charge on any atom is -0.453 e. The van der Waals surface area contributed by atoms with Gasteiger partial charge in [-0.15, -0.1) is 0 Å². The van der Waals surface area contributed by atoms with E-state index >= 15 is 0 Å². The summed E-state index contributed by atoms with van der Waals surface area (Å²) in [4.78, 5) is 12.6. The van der Waals surface area contributed by atoms with Gasteiger partial charge in [0.05, 0.1) is 0 Å². The summed E-state index contributed by atoms with van der Waals surface area (Å²) in [5, 5.41) is 1.04. The fourth-order valence-corrected chi connectivity index (χ4v) is 3.20. The highest BCUT2D eigenvalue weighted by molar-refractivity contribution is 5.99. The minimum atomic E-state index is 0.164. The average Bonchev–Trinajstić information content (AvgIpc) is 2.80. The second-order valence-corrected chi connectivity index (χ2v) is 6.06. The lowest BCUT2D eigenvalue weighted by Gasteiger charge is -2.17. The van der Waals surface area contributed by atoms with Crippen LogP contribution in [0.2, 0.25) is 0 Å². The lowest BCUT2D eigenvalue weighted by atomic mass is 9.87. The van der Waals surface area contributed by atoms with Gasteiger partial charge >= 0.3 is 0 Å². The van der Waals surface area contributed by atoms with Gasteiger partial charge in [0.15, 0.2) is 5.76 Å². The minimum absolute atomic E-state index is 0.164. The third-order valence-corrected chi connectivity index (χ3v) is 4.39. The van der Waals surface area contributed by atoms with E-state index in [4.69, 9.17) is 4.42 Å². The predicted molar refractivity (Wildman–Crippen MR) is 81.1 cm³/mol. The molecule has 106 valence electrons. The van der Waals surface area contributed by atoms with Gasteiger partial charge in [0.1, 0.15) is 5.58 Å². The molecule has 2 heteroatoms. The van der Waals surface area contributed by atoms with Crippen molar-refractivity contribution in [2.75, 3.05) is 0 Å². The van der Waals surface area contributed by atoms with Crippen LogP contribution in [-0.2, 0) is 0 Å². The Morgan fingerprint density at radius 2 is 1.75 bits per heavy atom. The van der Waals surface area contributed by atoms with E-state index in [1.54, 1.807) is 0 Å². The molecule has 0 aliphatic heterocycles. The average molecular weight is 270 g/mol. The molecule has 0 bridgehead atoms. The molecule has 3 rings (SSSR count). The van der Waals surface area contributed by atoms with Crippen molar-refractivity contribution in [1.82, 2.24) is 0 Å². The number of Topliss-reactive ketones (excluding diaryl/α,β-unsaturated/α-hetero) is 1. The van der Waals surface area contributed by atoms with Gasteiger partial charge in [0.2, 0.25) is 5.78 Å². The van der Waals surface area contributed by atoms with Crippen LogP contribution in [0, 0.1) is 12.8 Å². The molecule has 0 radical (unpaired) electrons. The first-order valence-corrected chi connectivity index (χ1v) is 7.78. The van der Waals surface area contributed by atoms with Gasteiger partial charge in [-0.1, -0.05) is 43.7 Å². The van der Waals surface area contributed by atoms with E-state index in [9.17, 15) is 4.79 Å². The maximum Gasteiger partial charge on any atom is 0.201 e. The fraction of sp³-hybridized carbons (Fsp3) is 0.500. The second-order valence-electron chi connectivity index (χ2n) is 6.06. The van der Waals surface area contributed by atoms with Crippen molar-refractivity contribution in [1.29, 1.82) is 0 Å². The molecule has 1 heterocycles. The summed E-state index contributed by atoms with van der Waals surface area (Å²) >= 11 is 0. The summed E-state index contributed by atoms with van der Waals surface area (Å²) in [6.45, 7) is 2.06. The molecular weight excluding hydrogens is 248 g/mol. The van der Waals surface area contributed by atoms with Crippen molar-refractivity contribution < 1.29 is 9.21 Å². The molecular formula is C18H22O2. The molecule has 0 spiro atoms. The summed E-state index contributed by atoms with van der Waals surface area (Å²) in [7, 11) is 0. The molecule has 1 aliphatic rings. The third-order valence-electron chi connectivity index (χ3n) is 4.39. The maximum atomic E-state index is 12.6. The Labute approximate surface area is 120 Å². The molecule has 0 amide bonds. The highest BCUT2D eigenvalue weighted by Gasteiger charge is 2.23. The summed E-state index contributed by atoms with van der Waals surface area (Å²) < 4.78 is 5.76. The quantitative estimate of drug-likeness (QED) is 0.694. The van der Waals surface area contributed by atoms with Crippen LogP contribution in [0.25, 0.3) is 11.0 Å². The van der Waals surface area contributed by atoms with E-state index in [0.717, 1.165) is 23.8 Å². The van der Waals surface area contributed by atoms with E-state index in [0.29, 0.717) is 5.76 Å². The van der Waals surface area contributed by atoms with Gasteiger partial charge in [0, 0.05) is 11.3 Å². The number of benzene rings is 1. The molecule has 1 saturated carbocycles. The number of hydrogen-bond acceptors (Lipinski definition) is 2. The van der Waals surface area contributed by atoms with Crippen LogP contribution in [0.3, 0.4) is 0 Å². The van der Waals surface area contributed by atoms with E-state index in [1.807, 2.05) is 18.2 Å². The Balaban J connectivity index is 1.83. The van der Waals surface area contributed by atoms with E-state index in [1.165, 1.54) is 37.7 Å². The summed E-state index contributed by atoms with van der Waals surface area (Å²) in [6, 6.07) is 7.98. The Morgan fingerprint density at radius 3 is 2.50 bits per heavy atom. The summed E-state index contributed by atoms with van der Waals surface area (Å²) in [5.41, 5.74) is 2.02. The van der Waals surface area contributed by atoms with Gasteiger partial charge < -0.3 is 4.42 Å². The number of fused-ring (bicyclic) bond motifs is 1. The zero-order valence-electron chi connectivity index (χ0n) is 12.2. The fourth-order valence-electron chi connectivity index (χ4n) is 3.20. The van der Waals surface area contributed by atoms with Gasteiger partial charge in [-0.3, -0.25) is 4.79 Å². The van der Waals surface area contributed by atoms with Crippen molar-refractivity contribution in [3.8, 4) is 0 Å². The lowest BCUT2D eigenvalue weighted by Crippen LogP contribution is -2.15. The SMILES string of the molecule is Cc1ccc2oc(C(=O)C3CCCCCCC3)cc2c1. The molecule has 0 N–H and O–H groups in total. The number of rotatable bonds is 2. The molecule has 0 saturated heterocycles. The summed E-state index contributed by atoms with van der Waals surface area (Å²) in [5.74, 6) is 0.925. The number of aryl methyl sites for hydroxylation is 1. The highest BCUT2D eigenvalue weighted by Crippen LogP contribution is 2.28. The number of ketones is 1. The van der Waals surface area contributed by atoms with E-state index in [2.05, 4.69) is 13.0 Å². The molecule has 1 fully saturated rings. The van der Waals surface area contributed by atoms with Gasteiger partial charge in [-0.05, 0) is 38.0 Å².